The smallest absolute Gasteiger partial charge is 0.337 e. The van der Waals surface area contributed by atoms with Crippen molar-refractivity contribution in [1.29, 1.82) is 0 Å². The van der Waals surface area contributed by atoms with Crippen LogP contribution in [-0.4, -0.2) is 61.9 Å². The number of nitrogens with one attached hydrogen (secondary N) is 1. The van der Waals surface area contributed by atoms with Gasteiger partial charge < -0.3 is 24.8 Å². The lowest BCUT2D eigenvalue weighted by Crippen LogP contribution is -2.32. The van der Waals surface area contributed by atoms with Gasteiger partial charge in [0.1, 0.15) is 0 Å². The Morgan fingerprint density at radius 3 is 2.48 bits per heavy atom. The van der Waals surface area contributed by atoms with E-state index in [1.54, 1.807) is 18.2 Å². The quantitative estimate of drug-likeness (QED) is 0.306. The number of hydrogen-bond donors (Lipinski definition) is 1. The van der Waals surface area contributed by atoms with Crippen molar-refractivity contribution < 1.29 is 19.1 Å². The van der Waals surface area contributed by atoms with Crippen LogP contribution < -0.4 is 10.2 Å². The first-order chi connectivity index (χ1) is 21.3. The molecule has 3 heterocycles. The molecule has 1 saturated carbocycles. The fraction of sp³-hybridized carbons (Fsp3) is 0.361. The molecular weight excluding hydrogens is 552 g/mol. The first-order valence-corrected chi connectivity index (χ1v) is 15.4. The number of hydrogen-bond acceptors (Lipinski definition) is 6. The second-order valence-electron chi connectivity index (χ2n) is 12.8. The van der Waals surface area contributed by atoms with Crippen LogP contribution in [0.1, 0.15) is 58.3 Å². The summed E-state index contributed by atoms with van der Waals surface area (Å²) >= 11 is 0. The lowest BCUT2D eigenvalue weighted by molar-refractivity contribution is -0.132. The molecule has 4 aliphatic rings. The minimum atomic E-state index is -0.455. The molecule has 1 saturated heterocycles. The molecular formula is C36H38N4O4. The van der Waals surface area contributed by atoms with Crippen LogP contribution in [0, 0.1) is 11.3 Å². The summed E-state index contributed by atoms with van der Waals surface area (Å²) in [5.41, 5.74) is 7.53. The summed E-state index contributed by atoms with van der Waals surface area (Å²) in [5.74, 6) is 0.102. The average molecular weight is 591 g/mol. The van der Waals surface area contributed by atoms with E-state index in [0.29, 0.717) is 47.7 Å². The van der Waals surface area contributed by atoms with Gasteiger partial charge in [-0.2, -0.15) is 0 Å². The van der Waals surface area contributed by atoms with Crippen LogP contribution in [-0.2, 0) is 27.4 Å². The van der Waals surface area contributed by atoms with E-state index in [2.05, 4.69) is 35.5 Å². The third-order valence-electron chi connectivity index (χ3n) is 10.2. The van der Waals surface area contributed by atoms with Gasteiger partial charge in [0.2, 0.25) is 5.91 Å². The van der Waals surface area contributed by atoms with Crippen LogP contribution in [0.5, 0.6) is 0 Å². The van der Waals surface area contributed by atoms with E-state index >= 15 is 0 Å². The molecule has 0 bridgehead atoms. The van der Waals surface area contributed by atoms with Crippen molar-refractivity contribution in [2.45, 2.75) is 38.8 Å². The molecule has 1 spiro atoms. The SMILES string of the molecule is COC(=O)c1ccc2c(c1)NC(=O)/C2=C(/c1ccccc1)N(C)c1ccc2c(c1)CN(C(=O)CC1CC13CCN(C)CC3)C2. The summed E-state index contributed by atoms with van der Waals surface area (Å²) < 4.78 is 4.88. The highest BCUT2D eigenvalue weighted by Crippen LogP contribution is 2.61. The van der Waals surface area contributed by atoms with Crippen molar-refractivity contribution in [3.05, 3.63) is 94.5 Å². The molecule has 8 heteroatoms. The largest absolute Gasteiger partial charge is 0.465 e. The van der Waals surface area contributed by atoms with Gasteiger partial charge in [-0.05, 0) is 91.7 Å². The summed E-state index contributed by atoms with van der Waals surface area (Å²) in [6.45, 7) is 3.53. The summed E-state index contributed by atoms with van der Waals surface area (Å²) in [6, 6.07) is 21.3. The molecule has 44 heavy (non-hydrogen) atoms. The average Bonchev–Trinajstić information content (AvgIpc) is 3.34. The molecule has 1 N–H and O–H groups in total. The summed E-state index contributed by atoms with van der Waals surface area (Å²) in [4.78, 5) is 45.5. The zero-order chi connectivity index (χ0) is 30.6. The van der Waals surface area contributed by atoms with E-state index in [1.165, 1.54) is 31.9 Å². The molecule has 2 fully saturated rings. The number of amides is 2. The number of likely N-dealkylation sites (tertiary alicyclic amines) is 1. The standard InChI is InChI=1S/C36H38N4O4/c1-38-15-13-36(14-16-38)20-27(36)19-31(41)40-21-25-9-11-28(17-26(25)22-40)39(2)33(23-7-5-4-6-8-23)32-29-12-10-24(35(43)44-3)18-30(29)37-34(32)42/h4-12,17-18,27H,13-16,19-22H2,1-3H3,(H,37,42)/b33-32-. The van der Waals surface area contributed by atoms with Crippen LogP contribution in [0.15, 0.2) is 66.7 Å². The van der Waals surface area contributed by atoms with E-state index < -0.39 is 5.97 Å². The van der Waals surface area contributed by atoms with Crippen molar-refractivity contribution in [2.75, 3.05) is 44.5 Å². The minimum Gasteiger partial charge on any atom is -0.465 e. The van der Waals surface area contributed by atoms with Crippen molar-refractivity contribution in [3.63, 3.8) is 0 Å². The monoisotopic (exact) mass is 590 g/mol. The van der Waals surface area contributed by atoms with Crippen molar-refractivity contribution in [2.24, 2.45) is 11.3 Å². The maximum atomic E-state index is 13.5. The fourth-order valence-electron chi connectivity index (χ4n) is 7.39. The molecule has 226 valence electrons. The number of carbonyl (C=O) groups excluding carboxylic acids is 3. The number of nitrogens with zero attached hydrogens (tertiary/aromatic N) is 3. The number of carbonyl (C=O) groups is 3. The minimum absolute atomic E-state index is 0.229. The molecule has 1 unspecified atom stereocenters. The molecule has 1 aliphatic carbocycles. The molecule has 3 aliphatic heterocycles. The lowest BCUT2D eigenvalue weighted by atomic mass is 9.90. The van der Waals surface area contributed by atoms with Gasteiger partial charge in [-0.25, -0.2) is 4.79 Å². The predicted molar refractivity (Wildman–Crippen MR) is 171 cm³/mol. The van der Waals surface area contributed by atoms with Gasteiger partial charge in [0.15, 0.2) is 0 Å². The van der Waals surface area contributed by atoms with E-state index in [1.807, 2.05) is 47.2 Å². The number of esters is 1. The number of fused-ring (bicyclic) bond motifs is 2. The molecule has 7 rings (SSSR count). The second kappa shape index (κ2) is 10.9. The first-order valence-electron chi connectivity index (χ1n) is 15.4. The van der Waals surface area contributed by atoms with Gasteiger partial charge in [0.05, 0.1) is 29.6 Å². The van der Waals surface area contributed by atoms with E-state index in [4.69, 9.17) is 4.74 Å². The molecule has 0 aromatic heterocycles. The van der Waals surface area contributed by atoms with Crippen LogP contribution >= 0.6 is 0 Å². The van der Waals surface area contributed by atoms with Gasteiger partial charge >= 0.3 is 5.97 Å². The lowest BCUT2D eigenvalue weighted by Gasteiger charge is -2.30. The molecule has 8 nitrogen and oxygen atoms in total. The maximum Gasteiger partial charge on any atom is 0.337 e. The van der Waals surface area contributed by atoms with Gasteiger partial charge in [-0.1, -0.05) is 42.5 Å². The zero-order valence-corrected chi connectivity index (χ0v) is 25.6. The molecule has 3 aromatic rings. The van der Waals surface area contributed by atoms with Gasteiger partial charge in [0, 0.05) is 37.8 Å². The maximum absolute atomic E-state index is 13.5. The van der Waals surface area contributed by atoms with Crippen LogP contribution in [0.25, 0.3) is 11.3 Å². The van der Waals surface area contributed by atoms with E-state index in [-0.39, 0.29) is 11.8 Å². The number of methoxy groups -OCH3 is 1. The highest BCUT2D eigenvalue weighted by molar-refractivity contribution is 6.37. The Bertz CT molecular complexity index is 1690. The summed E-state index contributed by atoms with van der Waals surface area (Å²) in [7, 11) is 5.49. The number of rotatable bonds is 6. The van der Waals surface area contributed by atoms with E-state index in [0.717, 1.165) is 41.2 Å². The Labute approximate surface area is 258 Å². The van der Waals surface area contributed by atoms with Gasteiger partial charge in [-0.3, -0.25) is 9.59 Å². The number of anilines is 2. The Hall–Kier alpha value is -4.43. The molecule has 3 aromatic carbocycles. The van der Waals surface area contributed by atoms with Gasteiger partial charge in [0.25, 0.3) is 5.91 Å². The third kappa shape index (κ3) is 4.97. The van der Waals surface area contributed by atoms with Crippen LogP contribution in [0.2, 0.25) is 0 Å². The van der Waals surface area contributed by atoms with E-state index in [9.17, 15) is 14.4 Å². The Morgan fingerprint density at radius 1 is 0.977 bits per heavy atom. The first kappa shape index (κ1) is 28.3. The van der Waals surface area contributed by atoms with Crippen molar-refractivity contribution >= 4 is 40.4 Å². The molecule has 2 amide bonds. The van der Waals surface area contributed by atoms with Crippen LogP contribution in [0.3, 0.4) is 0 Å². The molecule has 0 radical (unpaired) electrons. The number of ether oxygens (including phenoxy) is 1. The highest BCUT2D eigenvalue weighted by Gasteiger charge is 2.55. The van der Waals surface area contributed by atoms with Gasteiger partial charge in [-0.15, -0.1) is 0 Å². The Balaban J connectivity index is 1.15. The topological polar surface area (TPSA) is 82.2 Å². The Kier molecular flexibility index (Phi) is 7.04. The van der Waals surface area contributed by atoms with Crippen molar-refractivity contribution in [3.8, 4) is 0 Å². The second-order valence-corrected chi connectivity index (χ2v) is 12.8. The summed E-state index contributed by atoms with van der Waals surface area (Å²) in [5, 5.41) is 2.95. The third-order valence-corrected chi connectivity index (χ3v) is 10.2. The number of benzene rings is 3. The predicted octanol–water partition coefficient (Wildman–Crippen LogP) is 5.39. The highest BCUT2D eigenvalue weighted by atomic mass is 16.5. The zero-order valence-electron chi connectivity index (χ0n) is 25.6. The van der Waals surface area contributed by atoms with Crippen molar-refractivity contribution in [1.82, 2.24) is 9.80 Å². The number of piperidine rings is 1. The summed E-state index contributed by atoms with van der Waals surface area (Å²) in [6.07, 6.45) is 4.28. The normalized spacial score (nSPS) is 21.0. The molecule has 1 atom stereocenters. The Morgan fingerprint density at radius 2 is 1.73 bits per heavy atom. The van der Waals surface area contributed by atoms with Crippen LogP contribution in [0.4, 0.5) is 11.4 Å². The fourth-order valence-corrected chi connectivity index (χ4v) is 7.39.